The van der Waals surface area contributed by atoms with Gasteiger partial charge in [-0.1, -0.05) is 0 Å². The number of nitriles is 1. The number of hydrogen-bond acceptors (Lipinski definition) is 5. The first-order valence-corrected chi connectivity index (χ1v) is 10.5. The van der Waals surface area contributed by atoms with Crippen molar-refractivity contribution < 1.29 is 19.3 Å². The summed E-state index contributed by atoms with van der Waals surface area (Å²) in [6.07, 6.45) is -0.845. The molecule has 1 radical (unpaired) electrons. The molecule has 7 heteroatoms. The predicted octanol–water partition coefficient (Wildman–Crippen LogP) is 2.02. The van der Waals surface area contributed by atoms with Crippen molar-refractivity contribution in [1.82, 2.24) is 4.98 Å². The second kappa shape index (κ2) is 8.49. The first kappa shape index (κ1) is 19.3. The molecule has 1 aromatic heterocycles. The Labute approximate surface area is 162 Å². The van der Waals surface area contributed by atoms with Crippen molar-refractivity contribution in [3.8, 4) is 22.9 Å². The van der Waals surface area contributed by atoms with Crippen LogP contribution < -0.4 is 9.22 Å². The fourth-order valence-electron chi connectivity index (χ4n) is 2.77. The molecular weight excluding hydrogens is 410 g/mol. The number of rotatable bonds is 6. The van der Waals surface area contributed by atoms with E-state index in [1.54, 1.807) is 37.4 Å². The number of halogens is 1. The minimum absolute atomic E-state index is 0.334. The Morgan fingerprint density at radius 3 is 2.78 bits per heavy atom. The van der Waals surface area contributed by atoms with Crippen molar-refractivity contribution in [2.75, 3.05) is 13.7 Å². The van der Waals surface area contributed by atoms with Gasteiger partial charge in [-0.05, 0) is 0 Å². The van der Waals surface area contributed by atoms with Crippen LogP contribution in [0.5, 0.6) is 5.75 Å². The van der Waals surface area contributed by atoms with Gasteiger partial charge in [-0.15, -0.1) is 0 Å². The normalized spacial score (nSPS) is 12.4. The molecule has 0 fully saturated rings. The number of aromatic nitrogens is 1. The molecule has 5 nitrogen and oxygen atoms in total. The number of methoxy groups -OCH3 is 1. The molecule has 0 spiro atoms. The van der Waals surface area contributed by atoms with Crippen molar-refractivity contribution in [1.29, 1.82) is 5.26 Å². The zero-order valence-corrected chi connectivity index (χ0v) is 16.4. The van der Waals surface area contributed by atoms with Crippen molar-refractivity contribution in [2.45, 2.75) is 11.3 Å². The molecule has 0 saturated heterocycles. The first-order valence-electron chi connectivity index (χ1n) is 8.21. The number of aliphatic hydroxyl groups is 2. The number of nitrogens with zero attached hydrogens (tertiary/aromatic N) is 2. The molecule has 1 heterocycles. The van der Waals surface area contributed by atoms with E-state index in [-0.39, 0.29) is 6.61 Å². The van der Waals surface area contributed by atoms with Crippen LogP contribution in [-0.4, -0.2) is 50.8 Å². The number of fused-ring (bicyclic) bond motifs is 1. The van der Waals surface area contributed by atoms with E-state index < -0.39 is 27.7 Å². The van der Waals surface area contributed by atoms with Gasteiger partial charge in [-0.25, -0.2) is 0 Å². The third-order valence-corrected chi connectivity index (χ3v) is 6.64. The van der Waals surface area contributed by atoms with E-state index in [1.807, 2.05) is 0 Å². The molecule has 1 atom stereocenters. The molecule has 3 aromatic rings. The summed E-state index contributed by atoms with van der Waals surface area (Å²) in [7, 11) is 1.55. The average molecular weight is 427 g/mol. The Balaban J connectivity index is 2.28. The summed E-state index contributed by atoms with van der Waals surface area (Å²) < 4.78 is 19.7. The quantitative estimate of drug-likeness (QED) is 0.588. The van der Waals surface area contributed by atoms with Gasteiger partial charge in [0.1, 0.15) is 0 Å². The van der Waals surface area contributed by atoms with E-state index in [0.29, 0.717) is 43.0 Å². The Morgan fingerprint density at radius 2 is 2.11 bits per heavy atom. The zero-order chi connectivity index (χ0) is 19.4. The van der Waals surface area contributed by atoms with Gasteiger partial charge < -0.3 is 0 Å². The summed E-state index contributed by atoms with van der Waals surface area (Å²) in [6.45, 7) is -0.334. The number of benzene rings is 2. The minimum atomic E-state index is -0.845. The van der Waals surface area contributed by atoms with Gasteiger partial charge in [0.05, 0.1) is 0 Å². The van der Waals surface area contributed by atoms with Crippen LogP contribution in [0.25, 0.3) is 22.0 Å². The summed E-state index contributed by atoms with van der Waals surface area (Å²) in [5.41, 5.74) is 2.21. The molecule has 0 aliphatic rings. The predicted molar refractivity (Wildman–Crippen MR) is 102 cm³/mol. The number of aliphatic hydroxyl groups excluding tert-OH is 2. The number of hydrogen-bond donors (Lipinski definition) is 2. The van der Waals surface area contributed by atoms with Gasteiger partial charge in [0, 0.05) is 0 Å². The van der Waals surface area contributed by atoms with Crippen molar-refractivity contribution in [2.24, 2.45) is 0 Å². The summed E-state index contributed by atoms with van der Waals surface area (Å²) in [5.74, 6) is 0.220. The summed E-state index contributed by atoms with van der Waals surface area (Å²) >= 11 is -0.652. The summed E-state index contributed by atoms with van der Waals surface area (Å²) in [4.78, 5) is 4.61. The Bertz CT molecular complexity index is 1020. The van der Waals surface area contributed by atoms with Crippen LogP contribution in [0.3, 0.4) is 0 Å². The van der Waals surface area contributed by atoms with E-state index in [1.165, 1.54) is 12.1 Å². The molecule has 0 saturated carbocycles. The molecule has 0 amide bonds. The molecule has 3 rings (SSSR count). The third kappa shape index (κ3) is 4.11. The summed E-state index contributed by atoms with van der Waals surface area (Å²) in [6, 6.07) is 13.7. The maximum absolute atomic E-state index is 13.9. The van der Waals surface area contributed by atoms with E-state index in [0.717, 1.165) is 0 Å². The van der Waals surface area contributed by atoms with E-state index in [9.17, 15) is 14.8 Å². The van der Waals surface area contributed by atoms with Crippen molar-refractivity contribution >= 4 is 31.1 Å². The maximum atomic E-state index is 13.9. The molecule has 2 N–H and O–H groups in total. The van der Waals surface area contributed by atoms with Gasteiger partial charge in [0.15, 0.2) is 0 Å². The van der Waals surface area contributed by atoms with Gasteiger partial charge in [-0.3, -0.25) is 0 Å². The molecule has 27 heavy (non-hydrogen) atoms. The first-order chi connectivity index (χ1) is 13.1. The SMILES string of the molecule is COc1ccc2nc([As]C[C@@H](O)CO)c(C#N)c(-c3cccc(F)c3)c2c1. The van der Waals surface area contributed by atoms with E-state index >= 15 is 0 Å². The van der Waals surface area contributed by atoms with Crippen LogP contribution in [0, 0.1) is 17.1 Å². The van der Waals surface area contributed by atoms with Gasteiger partial charge >= 0.3 is 163 Å². The van der Waals surface area contributed by atoms with Crippen molar-refractivity contribution in [3.05, 3.63) is 53.8 Å². The molecule has 0 aliphatic heterocycles. The zero-order valence-electron chi connectivity index (χ0n) is 14.6. The number of pyridine rings is 1. The van der Waals surface area contributed by atoms with Gasteiger partial charge in [0.2, 0.25) is 0 Å². The average Bonchev–Trinajstić information content (AvgIpc) is 2.70. The van der Waals surface area contributed by atoms with Crippen LogP contribution in [-0.2, 0) is 0 Å². The molecular formula is C20H17AsFN2O3. The van der Waals surface area contributed by atoms with Crippen LogP contribution in [0.15, 0.2) is 42.5 Å². The molecule has 0 aliphatic carbocycles. The monoisotopic (exact) mass is 427 g/mol. The van der Waals surface area contributed by atoms with Gasteiger partial charge in [0.25, 0.3) is 0 Å². The van der Waals surface area contributed by atoms with E-state index in [2.05, 4.69) is 11.1 Å². The molecule has 0 bridgehead atoms. The second-order valence-corrected chi connectivity index (χ2v) is 8.19. The molecule has 137 valence electrons. The van der Waals surface area contributed by atoms with Crippen LogP contribution in [0.2, 0.25) is 5.21 Å². The fourth-order valence-corrected chi connectivity index (χ4v) is 4.86. The van der Waals surface area contributed by atoms with Crippen LogP contribution in [0.4, 0.5) is 4.39 Å². The van der Waals surface area contributed by atoms with Gasteiger partial charge in [-0.2, -0.15) is 0 Å². The topological polar surface area (TPSA) is 86.4 Å². The second-order valence-electron chi connectivity index (χ2n) is 5.87. The van der Waals surface area contributed by atoms with Crippen LogP contribution in [0.1, 0.15) is 5.56 Å². The van der Waals surface area contributed by atoms with Crippen LogP contribution >= 0.6 is 0 Å². The Hall–Kier alpha value is -2.45. The molecule has 2 aromatic carbocycles. The number of ether oxygens (including phenoxy) is 1. The van der Waals surface area contributed by atoms with E-state index in [4.69, 9.17) is 9.84 Å². The standard InChI is InChI=1S/C20H17AsFN2O3/c1-27-15-5-6-18-16(8-15)19(12-3-2-4-13(22)7-12)17(10-23)20(24-18)21-9-14(26)11-25/h2-8,14,25-26H,9,11H2,1H3/t14-/m1/s1. The third-order valence-electron chi connectivity index (χ3n) is 4.06. The summed E-state index contributed by atoms with van der Waals surface area (Å²) in [5, 5.41) is 29.6. The Morgan fingerprint density at radius 1 is 1.30 bits per heavy atom. The Kier molecular flexibility index (Phi) is 6.07. The molecule has 0 unspecified atom stereocenters. The van der Waals surface area contributed by atoms with Crippen molar-refractivity contribution in [3.63, 3.8) is 0 Å². The fraction of sp³-hybridized carbons (Fsp3) is 0.200.